The minimum atomic E-state index is -0.821. The summed E-state index contributed by atoms with van der Waals surface area (Å²) in [5.41, 5.74) is 1.90. The summed E-state index contributed by atoms with van der Waals surface area (Å²) in [6.45, 7) is 1.70. The van der Waals surface area contributed by atoms with Crippen LogP contribution in [-0.2, 0) is 17.8 Å². The zero-order valence-electron chi connectivity index (χ0n) is 21.4. The van der Waals surface area contributed by atoms with Gasteiger partial charge in [0.2, 0.25) is 5.91 Å². The topological polar surface area (TPSA) is 79.3 Å². The SMILES string of the molecule is COc1cc(CCC(=O)N2CCN(C(=O)c3ccc(O)c(F)c3)CC23CC3)ccc1OCc1ccccc1. The molecule has 1 saturated heterocycles. The van der Waals surface area contributed by atoms with Gasteiger partial charge in [-0.2, -0.15) is 0 Å². The van der Waals surface area contributed by atoms with Crippen LogP contribution in [0.3, 0.4) is 0 Å². The van der Waals surface area contributed by atoms with Gasteiger partial charge in [0.05, 0.1) is 12.6 Å². The molecule has 0 atom stereocenters. The summed E-state index contributed by atoms with van der Waals surface area (Å²) in [4.78, 5) is 29.8. The number of aryl methyl sites for hydroxylation is 1. The third-order valence-corrected chi connectivity index (χ3v) is 7.35. The molecule has 2 fully saturated rings. The molecular formula is C30H31FN2O5. The highest BCUT2D eigenvalue weighted by Crippen LogP contribution is 2.45. The first-order valence-corrected chi connectivity index (χ1v) is 12.8. The fourth-order valence-electron chi connectivity index (χ4n) is 5.04. The van der Waals surface area contributed by atoms with Crippen molar-refractivity contribution in [3.8, 4) is 17.2 Å². The van der Waals surface area contributed by atoms with Gasteiger partial charge in [0.1, 0.15) is 6.61 Å². The van der Waals surface area contributed by atoms with E-state index in [1.807, 2.05) is 53.4 Å². The molecule has 198 valence electrons. The van der Waals surface area contributed by atoms with Gasteiger partial charge < -0.3 is 24.4 Å². The minimum absolute atomic E-state index is 0.0636. The third kappa shape index (κ3) is 5.44. The molecule has 3 aromatic carbocycles. The van der Waals surface area contributed by atoms with Crippen molar-refractivity contribution in [2.75, 3.05) is 26.7 Å². The Morgan fingerprint density at radius 1 is 0.974 bits per heavy atom. The maximum Gasteiger partial charge on any atom is 0.254 e. The predicted octanol–water partition coefficient (Wildman–Crippen LogP) is 4.57. The zero-order chi connectivity index (χ0) is 26.7. The van der Waals surface area contributed by atoms with Crippen LogP contribution in [0.5, 0.6) is 17.2 Å². The maximum atomic E-state index is 13.8. The van der Waals surface area contributed by atoms with Crippen LogP contribution in [0.25, 0.3) is 0 Å². The van der Waals surface area contributed by atoms with Crippen molar-refractivity contribution in [2.24, 2.45) is 0 Å². The Balaban J connectivity index is 1.17. The summed E-state index contributed by atoms with van der Waals surface area (Å²) in [5.74, 6) is -0.251. The Morgan fingerprint density at radius 3 is 2.47 bits per heavy atom. The molecular weight excluding hydrogens is 487 g/mol. The minimum Gasteiger partial charge on any atom is -0.505 e. The summed E-state index contributed by atoms with van der Waals surface area (Å²) in [6, 6.07) is 19.3. The number of carbonyl (C=O) groups excluding carboxylic acids is 2. The van der Waals surface area contributed by atoms with Gasteiger partial charge in [-0.3, -0.25) is 9.59 Å². The predicted molar refractivity (Wildman–Crippen MR) is 140 cm³/mol. The third-order valence-electron chi connectivity index (χ3n) is 7.35. The Kier molecular flexibility index (Phi) is 7.22. The summed E-state index contributed by atoms with van der Waals surface area (Å²) >= 11 is 0. The number of rotatable bonds is 8. The fraction of sp³-hybridized carbons (Fsp3) is 0.333. The van der Waals surface area contributed by atoms with Crippen molar-refractivity contribution in [1.82, 2.24) is 9.80 Å². The molecule has 3 aromatic rings. The van der Waals surface area contributed by atoms with Crippen LogP contribution >= 0.6 is 0 Å². The van der Waals surface area contributed by atoms with Gasteiger partial charge in [-0.25, -0.2) is 4.39 Å². The number of hydrogen-bond acceptors (Lipinski definition) is 5. The van der Waals surface area contributed by atoms with Gasteiger partial charge in [-0.15, -0.1) is 0 Å². The van der Waals surface area contributed by atoms with Gasteiger partial charge in [-0.05, 0) is 60.7 Å². The van der Waals surface area contributed by atoms with Gasteiger partial charge in [0.15, 0.2) is 23.1 Å². The van der Waals surface area contributed by atoms with E-state index in [1.54, 1.807) is 12.0 Å². The van der Waals surface area contributed by atoms with E-state index in [0.717, 1.165) is 30.0 Å². The van der Waals surface area contributed by atoms with E-state index in [-0.39, 0.29) is 22.9 Å². The molecule has 1 aliphatic heterocycles. The lowest BCUT2D eigenvalue weighted by Crippen LogP contribution is -2.58. The summed E-state index contributed by atoms with van der Waals surface area (Å²) in [5, 5.41) is 9.41. The van der Waals surface area contributed by atoms with E-state index in [0.29, 0.717) is 50.6 Å². The van der Waals surface area contributed by atoms with Gasteiger partial charge in [0, 0.05) is 31.6 Å². The highest BCUT2D eigenvalue weighted by molar-refractivity contribution is 5.94. The first-order chi connectivity index (χ1) is 18.4. The van der Waals surface area contributed by atoms with Crippen LogP contribution in [0.15, 0.2) is 66.7 Å². The van der Waals surface area contributed by atoms with Crippen molar-refractivity contribution in [2.45, 2.75) is 37.8 Å². The number of nitrogens with zero attached hydrogens (tertiary/aromatic N) is 2. The van der Waals surface area contributed by atoms with Crippen LogP contribution in [0, 0.1) is 5.82 Å². The molecule has 7 nitrogen and oxygen atoms in total. The van der Waals surface area contributed by atoms with Crippen molar-refractivity contribution < 1.29 is 28.6 Å². The van der Waals surface area contributed by atoms with Gasteiger partial charge in [-0.1, -0.05) is 36.4 Å². The average molecular weight is 519 g/mol. The number of benzene rings is 3. The summed E-state index contributed by atoms with van der Waals surface area (Å²) in [7, 11) is 1.60. The largest absolute Gasteiger partial charge is 0.505 e. The van der Waals surface area contributed by atoms with E-state index in [9.17, 15) is 19.1 Å². The van der Waals surface area contributed by atoms with Crippen LogP contribution in [-0.4, -0.2) is 59.0 Å². The van der Waals surface area contributed by atoms with E-state index in [2.05, 4.69) is 0 Å². The second-order valence-corrected chi connectivity index (χ2v) is 9.92. The molecule has 0 bridgehead atoms. The Labute approximate surface area is 221 Å². The number of carbonyl (C=O) groups is 2. The number of halogens is 1. The number of methoxy groups -OCH3 is 1. The van der Waals surface area contributed by atoms with E-state index >= 15 is 0 Å². The summed E-state index contributed by atoms with van der Waals surface area (Å²) in [6.07, 6.45) is 2.60. The van der Waals surface area contributed by atoms with Crippen LogP contribution in [0.2, 0.25) is 0 Å². The van der Waals surface area contributed by atoms with Crippen molar-refractivity contribution in [3.63, 3.8) is 0 Å². The molecule has 1 aliphatic carbocycles. The fourth-order valence-corrected chi connectivity index (χ4v) is 5.04. The van der Waals surface area contributed by atoms with E-state index in [1.165, 1.54) is 12.1 Å². The van der Waals surface area contributed by atoms with Crippen LogP contribution in [0.4, 0.5) is 4.39 Å². The molecule has 5 rings (SSSR count). The highest BCUT2D eigenvalue weighted by atomic mass is 19.1. The first kappa shape index (κ1) is 25.6. The molecule has 2 aliphatic rings. The highest BCUT2D eigenvalue weighted by Gasteiger charge is 2.53. The van der Waals surface area contributed by atoms with E-state index < -0.39 is 11.6 Å². The number of aromatic hydroxyl groups is 1. The molecule has 2 amide bonds. The molecule has 1 heterocycles. The monoisotopic (exact) mass is 518 g/mol. The number of piperazine rings is 1. The normalized spacial score (nSPS) is 15.8. The number of hydrogen-bond donors (Lipinski definition) is 1. The molecule has 1 N–H and O–H groups in total. The van der Waals surface area contributed by atoms with Crippen molar-refractivity contribution in [1.29, 1.82) is 0 Å². The number of amides is 2. The second-order valence-electron chi connectivity index (χ2n) is 9.92. The smallest absolute Gasteiger partial charge is 0.254 e. The standard InChI is InChI=1S/C30H31FN2O5/c1-37-27-17-21(7-11-26(27)38-19-22-5-3-2-4-6-22)8-12-28(35)33-16-15-32(20-30(33)13-14-30)29(36)23-9-10-25(34)24(31)18-23/h2-7,9-11,17-18,34H,8,12-16,19-20H2,1H3. The van der Waals surface area contributed by atoms with Crippen molar-refractivity contribution >= 4 is 11.8 Å². The maximum absolute atomic E-state index is 13.8. The lowest BCUT2D eigenvalue weighted by Gasteiger charge is -2.42. The molecule has 1 spiro atoms. The molecule has 0 aromatic heterocycles. The first-order valence-electron chi connectivity index (χ1n) is 12.8. The van der Waals surface area contributed by atoms with Gasteiger partial charge in [0.25, 0.3) is 5.91 Å². The lowest BCUT2D eigenvalue weighted by atomic mass is 10.0. The number of phenolic OH excluding ortho intramolecular Hbond substituents is 1. The molecule has 0 unspecified atom stereocenters. The molecule has 1 saturated carbocycles. The number of phenols is 1. The van der Waals surface area contributed by atoms with Crippen molar-refractivity contribution in [3.05, 3.63) is 89.2 Å². The van der Waals surface area contributed by atoms with Gasteiger partial charge >= 0.3 is 0 Å². The van der Waals surface area contributed by atoms with Crippen LogP contribution < -0.4 is 9.47 Å². The Bertz CT molecular complexity index is 1330. The number of ether oxygens (including phenoxy) is 2. The zero-order valence-corrected chi connectivity index (χ0v) is 21.4. The molecule has 0 radical (unpaired) electrons. The van der Waals surface area contributed by atoms with E-state index in [4.69, 9.17) is 9.47 Å². The summed E-state index contributed by atoms with van der Waals surface area (Å²) < 4.78 is 25.2. The average Bonchev–Trinajstić information content (AvgIpc) is 3.71. The lowest BCUT2D eigenvalue weighted by molar-refractivity contribution is -0.136. The quantitative estimate of drug-likeness (QED) is 0.473. The Morgan fingerprint density at radius 2 is 1.76 bits per heavy atom. The second kappa shape index (κ2) is 10.7. The molecule has 8 heteroatoms. The van der Waals surface area contributed by atoms with Crippen LogP contribution in [0.1, 0.15) is 40.7 Å². The Hall–Kier alpha value is -4.07. The molecule has 38 heavy (non-hydrogen) atoms.